The highest BCUT2D eigenvalue weighted by atomic mass is 16.2. The predicted molar refractivity (Wildman–Crippen MR) is 116 cm³/mol. The fourth-order valence-corrected chi connectivity index (χ4v) is 3.79. The molecule has 5 nitrogen and oxygen atoms in total. The maximum atomic E-state index is 13.0. The van der Waals surface area contributed by atoms with Crippen LogP contribution in [-0.4, -0.2) is 24.6 Å². The van der Waals surface area contributed by atoms with E-state index in [0.717, 1.165) is 16.7 Å². The monoisotopic (exact) mass is 398 g/mol. The van der Waals surface area contributed by atoms with Crippen molar-refractivity contribution in [2.75, 3.05) is 11.9 Å². The average molecular weight is 398 g/mol. The summed E-state index contributed by atoms with van der Waals surface area (Å²) >= 11 is 0. The molecule has 0 spiro atoms. The molecule has 0 saturated heterocycles. The van der Waals surface area contributed by atoms with Gasteiger partial charge in [0.1, 0.15) is 5.92 Å². The van der Waals surface area contributed by atoms with Crippen molar-refractivity contribution in [3.63, 3.8) is 0 Å². The Morgan fingerprint density at radius 2 is 1.53 bits per heavy atom. The molecule has 5 heteroatoms. The summed E-state index contributed by atoms with van der Waals surface area (Å²) in [5, 5.41) is 2.50. The third kappa shape index (κ3) is 3.74. The molecule has 150 valence electrons. The number of carbonyl (C=O) groups is 3. The standard InChI is InChI=1S/C25H22N2O3/c1-26-25(30)21-15-23(28)27(22-10-6-5-9-20(22)24(21)29)16-17-11-13-19(14-12-17)18-7-3-2-4-8-18/h2-14,21H,15-16H2,1H3,(H,26,30). The van der Waals surface area contributed by atoms with Crippen LogP contribution in [0.5, 0.6) is 0 Å². The van der Waals surface area contributed by atoms with Gasteiger partial charge in [-0.15, -0.1) is 0 Å². The van der Waals surface area contributed by atoms with Crippen LogP contribution in [0.15, 0.2) is 78.9 Å². The molecule has 0 saturated carbocycles. The van der Waals surface area contributed by atoms with E-state index in [2.05, 4.69) is 5.32 Å². The molecule has 2 amide bonds. The Hall–Kier alpha value is -3.73. The molecule has 0 bridgehead atoms. The quantitative estimate of drug-likeness (QED) is 0.679. The highest BCUT2D eigenvalue weighted by Gasteiger charge is 2.37. The minimum Gasteiger partial charge on any atom is -0.359 e. The lowest BCUT2D eigenvalue weighted by Gasteiger charge is -2.23. The molecule has 30 heavy (non-hydrogen) atoms. The number of nitrogens with one attached hydrogen (secondary N) is 1. The molecule has 3 aromatic carbocycles. The zero-order valence-corrected chi connectivity index (χ0v) is 16.7. The first-order valence-corrected chi connectivity index (χ1v) is 9.88. The third-order valence-corrected chi connectivity index (χ3v) is 5.42. The van der Waals surface area contributed by atoms with Crippen molar-refractivity contribution in [2.45, 2.75) is 13.0 Å². The van der Waals surface area contributed by atoms with Crippen molar-refractivity contribution in [1.29, 1.82) is 0 Å². The van der Waals surface area contributed by atoms with Crippen molar-refractivity contribution in [3.8, 4) is 11.1 Å². The topological polar surface area (TPSA) is 66.5 Å². The van der Waals surface area contributed by atoms with Gasteiger partial charge >= 0.3 is 0 Å². The molecular weight excluding hydrogens is 376 g/mol. The maximum Gasteiger partial charge on any atom is 0.231 e. The summed E-state index contributed by atoms with van der Waals surface area (Å²) in [4.78, 5) is 39.8. The fraction of sp³-hybridized carbons (Fsp3) is 0.160. The Morgan fingerprint density at radius 3 is 2.23 bits per heavy atom. The van der Waals surface area contributed by atoms with E-state index in [-0.39, 0.29) is 18.1 Å². The largest absolute Gasteiger partial charge is 0.359 e. The van der Waals surface area contributed by atoms with Gasteiger partial charge < -0.3 is 10.2 Å². The minimum atomic E-state index is -1.01. The number of amides is 2. The summed E-state index contributed by atoms with van der Waals surface area (Å²) in [5.41, 5.74) is 4.11. The van der Waals surface area contributed by atoms with Crippen LogP contribution < -0.4 is 10.2 Å². The number of fused-ring (bicyclic) bond motifs is 1. The Labute approximate surface area is 175 Å². The first kappa shape index (κ1) is 19.6. The summed E-state index contributed by atoms with van der Waals surface area (Å²) in [7, 11) is 1.48. The number of benzene rings is 3. The lowest BCUT2D eigenvalue weighted by atomic mass is 9.94. The first-order chi connectivity index (χ1) is 14.6. The summed E-state index contributed by atoms with van der Waals surface area (Å²) < 4.78 is 0. The van der Waals surface area contributed by atoms with E-state index in [9.17, 15) is 14.4 Å². The van der Waals surface area contributed by atoms with Gasteiger partial charge in [0.25, 0.3) is 0 Å². The van der Waals surface area contributed by atoms with Crippen molar-refractivity contribution in [3.05, 3.63) is 90.0 Å². The van der Waals surface area contributed by atoms with Gasteiger partial charge in [-0.2, -0.15) is 0 Å². The Kier molecular flexibility index (Phi) is 5.44. The molecule has 1 unspecified atom stereocenters. The second-order valence-electron chi connectivity index (χ2n) is 7.30. The lowest BCUT2D eigenvalue weighted by molar-refractivity contribution is -0.127. The number of hydrogen-bond acceptors (Lipinski definition) is 3. The highest BCUT2D eigenvalue weighted by molar-refractivity contribution is 6.18. The normalized spacial score (nSPS) is 16.0. The summed E-state index contributed by atoms with van der Waals surface area (Å²) in [5.74, 6) is -2.00. The zero-order valence-electron chi connectivity index (χ0n) is 16.7. The van der Waals surface area contributed by atoms with Crippen LogP contribution in [0, 0.1) is 5.92 Å². The van der Waals surface area contributed by atoms with Gasteiger partial charge in [-0.3, -0.25) is 14.4 Å². The number of Topliss-reactive ketones (excluding diaryl/α,β-unsaturated/α-hetero) is 1. The van der Waals surface area contributed by atoms with Crippen LogP contribution in [0.4, 0.5) is 5.69 Å². The molecule has 1 aliphatic rings. The molecule has 1 atom stereocenters. The maximum absolute atomic E-state index is 13.0. The van der Waals surface area contributed by atoms with E-state index in [4.69, 9.17) is 0 Å². The molecule has 0 radical (unpaired) electrons. The SMILES string of the molecule is CNC(=O)C1CC(=O)N(Cc2ccc(-c3ccccc3)cc2)c2ccccc2C1=O. The van der Waals surface area contributed by atoms with Crippen LogP contribution in [0.1, 0.15) is 22.3 Å². The van der Waals surface area contributed by atoms with E-state index < -0.39 is 11.8 Å². The molecule has 1 N–H and O–H groups in total. The molecule has 4 rings (SSSR count). The van der Waals surface area contributed by atoms with Crippen molar-refractivity contribution in [2.24, 2.45) is 5.92 Å². The molecule has 0 fully saturated rings. The Morgan fingerprint density at radius 1 is 0.900 bits per heavy atom. The van der Waals surface area contributed by atoms with E-state index >= 15 is 0 Å². The first-order valence-electron chi connectivity index (χ1n) is 9.88. The summed E-state index contributed by atoms with van der Waals surface area (Å²) in [6.45, 7) is 0.332. The molecule has 0 aromatic heterocycles. The Bertz CT molecular complexity index is 1090. The van der Waals surface area contributed by atoms with Crippen LogP contribution in [0.3, 0.4) is 0 Å². The molecule has 1 aliphatic heterocycles. The van der Waals surface area contributed by atoms with E-state index in [1.807, 2.05) is 54.6 Å². The molecule has 3 aromatic rings. The molecule has 1 heterocycles. The number of carbonyl (C=O) groups excluding carboxylic acids is 3. The van der Waals surface area contributed by atoms with Crippen molar-refractivity contribution >= 4 is 23.3 Å². The van der Waals surface area contributed by atoms with Gasteiger partial charge in [-0.25, -0.2) is 0 Å². The smallest absolute Gasteiger partial charge is 0.231 e. The van der Waals surface area contributed by atoms with Crippen LogP contribution in [0.25, 0.3) is 11.1 Å². The third-order valence-electron chi connectivity index (χ3n) is 5.42. The zero-order chi connectivity index (χ0) is 21.1. The van der Waals surface area contributed by atoms with E-state index in [1.165, 1.54) is 7.05 Å². The van der Waals surface area contributed by atoms with Crippen LogP contribution in [-0.2, 0) is 16.1 Å². The number of anilines is 1. The number of para-hydroxylation sites is 1. The minimum absolute atomic E-state index is 0.144. The lowest BCUT2D eigenvalue weighted by Crippen LogP contribution is -2.36. The van der Waals surface area contributed by atoms with Crippen molar-refractivity contribution < 1.29 is 14.4 Å². The number of ketones is 1. The van der Waals surface area contributed by atoms with Crippen molar-refractivity contribution in [1.82, 2.24) is 5.32 Å². The van der Waals surface area contributed by atoms with Gasteiger partial charge in [0, 0.05) is 19.0 Å². The van der Waals surface area contributed by atoms with Gasteiger partial charge in [-0.05, 0) is 28.8 Å². The van der Waals surface area contributed by atoms with E-state index in [1.54, 1.807) is 29.2 Å². The fourth-order valence-electron chi connectivity index (χ4n) is 3.79. The number of nitrogens with zero attached hydrogens (tertiary/aromatic N) is 1. The van der Waals surface area contributed by atoms with Gasteiger partial charge in [-0.1, -0.05) is 66.7 Å². The second-order valence-corrected chi connectivity index (χ2v) is 7.30. The molecule has 0 aliphatic carbocycles. The van der Waals surface area contributed by atoms with Crippen LogP contribution in [0.2, 0.25) is 0 Å². The second kappa shape index (κ2) is 8.33. The number of rotatable bonds is 4. The van der Waals surface area contributed by atoms with E-state index in [0.29, 0.717) is 17.8 Å². The summed E-state index contributed by atoms with van der Waals surface area (Å²) in [6.07, 6.45) is -0.144. The average Bonchev–Trinajstić information content (AvgIpc) is 2.90. The number of hydrogen-bond donors (Lipinski definition) is 1. The van der Waals surface area contributed by atoms with Gasteiger partial charge in [0.15, 0.2) is 5.78 Å². The van der Waals surface area contributed by atoms with Gasteiger partial charge in [0.05, 0.1) is 12.2 Å². The molecular formula is C25H22N2O3. The Balaban J connectivity index is 1.65. The highest BCUT2D eigenvalue weighted by Crippen LogP contribution is 2.31. The predicted octanol–water partition coefficient (Wildman–Crippen LogP) is 3.84. The summed E-state index contributed by atoms with van der Waals surface area (Å²) in [6, 6.07) is 25.1. The van der Waals surface area contributed by atoms with Crippen LogP contribution >= 0.6 is 0 Å². The van der Waals surface area contributed by atoms with Gasteiger partial charge in [0.2, 0.25) is 11.8 Å².